The molecule has 1 aliphatic heterocycles. The smallest absolute Gasteiger partial charge is 0.326 e. The van der Waals surface area contributed by atoms with Crippen LogP contribution in [0, 0.1) is 0 Å². The predicted molar refractivity (Wildman–Crippen MR) is 76.1 cm³/mol. The van der Waals surface area contributed by atoms with E-state index in [-0.39, 0.29) is 5.97 Å². The number of esters is 1. The average molecular weight is 268 g/mol. The van der Waals surface area contributed by atoms with Gasteiger partial charge in [0.1, 0.15) is 5.54 Å². The molecule has 0 spiro atoms. The van der Waals surface area contributed by atoms with Crippen molar-refractivity contribution in [1.29, 1.82) is 0 Å². The van der Waals surface area contributed by atoms with Gasteiger partial charge >= 0.3 is 5.97 Å². The van der Waals surface area contributed by atoms with Gasteiger partial charge in [-0.25, -0.2) is 0 Å². The largest absolute Gasteiger partial charge is 0.468 e. The van der Waals surface area contributed by atoms with Gasteiger partial charge in [0.2, 0.25) is 0 Å². The summed E-state index contributed by atoms with van der Waals surface area (Å²) in [6, 6.07) is 1.21. The van der Waals surface area contributed by atoms with Crippen LogP contribution in [0.1, 0.15) is 52.4 Å². The first-order chi connectivity index (χ1) is 9.13. The summed E-state index contributed by atoms with van der Waals surface area (Å²) in [5, 5.41) is 3.46. The normalized spacial score (nSPS) is 35.7. The first-order valence-corrected chi connectivity index (χ1v) is 7.72. The standard InChI is InChI=1S/C15H28N2O2/c1-4-9-16-15(14(18)19-3)8-7-13(11-15)17-10-5-6-12(17)2/h12-13,16H,4-11H2,1-3H3. The van der Waals surface area contributed by atoms with E-state index in [0.29, 0.717) is 12.1 Å². The van der Waals surface area contributed by atoms with E-state index in [1.165, 1.54) is 26.5 Å². The quantitative estimate of drug-likeness (QED) is 0.774. The van der Waals surface area contributed by atoms with E-state index in [4.69, 9.17) is 4.74 Å². The number of carbonyl (C=O) groups excluding carboxylic acids is 1. The molecule has 19 heavy (non-hydrogen) atoms. The lowest BCUT2D eigenvalue weighted by Crippen LogP contribution is -2.52. The van der Waals surface area contributed by atoms with Crippen LogP contribution in [-0.2, 0) is 9.53 Å². The molecule has 2 aliphatic rings. The second-order valence-electron chi connectivity index (χ2n) is 6.13. The summed E-state index contributed by atoms with van der Waals surface area (Å²) in [4.78, 5) is 14.8. The fourth-order valence-electron chi connectivity index (χ4n) is 3.78. The van der Waals surface area contributed by atoms with Gasteiger partial charge in [0.05, 0.1) is 7.11 Å². The zero-order valence-corrected chi connectivity index (χ0v) is 12.6. The fourth-order valence-corrected chi connectivity index (χ4v) is 3.78. The van der Waals surface area contributed by atoms with E-state index in [1.807, 2.05) is 0 Å². The van der Waals surface area contributed by atoms with Gasteiger partial charge in [-0.3, -0.25) is 9.69 Å². The Morgan fingerprint density at radius 1 is 1.47 bits per heavy atom. The maximum atomic E-state index is 12.2. The second-order valence-corrected chi connectivity index (χ2v) is 6.13. The van der Waals surface area contributed by atoms with Gasteiger partial charge < -0.3 is 10.1 Å². The molecule has 0 bridgehead atoms. The lowest BCUT2D eigenvalue weighted by molar-refractivity contribution is -0.148. The molecule has 2 fully saturated rings. The number of carbonyl (C=O) groups is 1. The molecule has 4 nitrogen and oxygen atoms in total. The van der Waals surface area contributed by atoms with Crippen LogP contribution in [0.4, 0.5) is 0 Å². The molecule has 1 saturated heterocycles. The van der Waals surface area contributed by atoms with Crippen molar-refractivity contribution in [3.8, 4) is 0 Å². The van der Waals surface area contributed by atoms with Crippen LogP contribution >= 0.6 is 0 Å². The van der Waals surface area contributed by atoms with Crippen molar-refractivity contribution >= 4 is 5.97 Å². The van der Waals surface area contributed by atoms with Crippen molar-refractivity contribution in [1.82, 2.24) is 10.2 Å². The zero-order chi connectivity index (χ0) is 13.9. The first-order valence-electron chi connectivity index (χ1n) is 7.72. The van der Waals surface area contributed by atoms with Crippen molar-refractivity contribution in [3.05, 3.63) is 0 Å². The molecule has 0 aromatic carbocycles. The Bertz CT molecular complexity index is 321. The van der Waals surface area contributed by atoms with Crippen LogP contribution < -0.4 is 5.32 Å². The molecule has 0 aromatic heterocycles. The van der Waals surface area contributed by atoms with E-state index >= 15 is 0 Å². The Hall–Kier alpha value is -0.610. The highest BCUT2D eigenvalue weighted by Gasteiger charge is 2.48. The van der Waals surface area contributed by atoms with E-state index in [1.54, 1.807) is 0 Å². The number of hydrogen-bond donors (Lipinski definition) is 1. The molecule has 3 atom stereocenters. The van der Waals surface area contributed by atoms with Crippen LogP contribution in [-0.4, -0.2) is 48.7 Å². The summed E-state index contributed by atoms with van der Waals surface area (Å²) < 4.78 is 5.05. The summed E-state index contributed by atoms with van der Waals surface area (Å²) >= 11 is 0. The van der Waals surface area contributed by atoms with Crippen molar-refractivity contribution in [2.45, 2.75) is 70.0 Å². The number of ether oxygens (including phenoxy) is 1. The van der Waals surface area contributed by atoms with Crippen LogP contribution in [0.3, 0.4) is 0 Å². The average Bonchev–Trinajstić information content (AvgIpc) is 3.02. The third kappa shape index (κ3) is 2.95. The summed E-state index contributed by atoms with van der Waals surface area (Å²) in [7, 11) is 1.50. The Morgan fingerprint density at radius 2 is 2.26 bits per heavy atom. The van der Waals surface area contributed by atoms with Crippen LogP contribution in [0.5, 0.6) is 0 Å². The topological polar surface area (TPSA) is 41.6 Å². The van der Waals surface area contributed by atoms with Crippen LogP contribution in [0.2, 0.25) is 0 Å². The fraction of sp³-hybridized carbons (Fsp3) is 0.933. The van der Waals surface area contributed by atoms with E-state index in [0.717, 1.165) is 32.2 Å². The highest BCUT2D eigenvalue weighted by atomic mass is 16.5. The molecule has 2 rings (SSSR count). The van der Waals surface area contributed by atoms with E-state index in [2.05, 4.69) is 24.1 Å². The highest BCUT2D eigenvalue weighted by Crippen LogP contribution is 2.37. The Labute approximate surface area is 116 Å². The first kappa shape index (κ1) is 14.8. The number of rotatable bonds is 5. The molecule has 1 saturated carbocycles. The summed E-state index contributed by atoms with van der Waals surface area (Å²) in [6.07, 6.45) is 6.56. The van der Waals surface area contributed by atoms with Crippen LogP contribution in [0.25, 0.3) is 0 Å². The predicted octanol–water partition coefficient (Wildman–Crippen LogP) is 1.93. The number of nitrogens with zero attached hydrogens (tertiary/aromatic N) is 1. The van der Waals surface area contributed by atoms with Crippen molar-refractivity contribution in [2.24, 2.45) is 0 Å². The Balaban J connectivity index is 2.04. The molecule has 0 aromatic rings. The maximum absolute atomic E-state index is 12.2. The van der Waals surface area contributed by atoms with Gasteiger partial charge in [-0.1, -0.05) is 6.92 Å². The number of nitrogens with one attached hydrogen (secondary N) is 1. The molecule has 1 N–H and O–H groups in total. The zero-order valence-electron chi connectivity index (χ0n) is 12.6. The second kappa shape index (κ2) is 6.23. The number of likely N-dealkylation sites (tertiary alicyclic amines) is 1. The van der Waals surface area contributed by atoms with Crippen molar-refractivity contribution in [2.75, 3.05) is 20.2 Å². The summed E-state index contributed by atoms with van der Waals surface area (Å²) in [5.41, 5.74) is -0.433. The number of methoxy groups -OCH3 is 1. The summed E-state index contributed by atoms with van der Waals surface area (Å²) in [5.74, 6) is -0.0738. The SMILES string of the molecule is CCCNC1(C(=O)OC)CCC(N2CCCC2C)C1. The molecule has 1 heterocycles. The highest BCUT2D eigenvalue weighted by molar-refractivity contribution is 5.81. The van der Waals surface area contributed by atoms with E-state index < -0.39 is 5.54 Å². The minimum absolute atomic E-state index is 0.0738. The van der Waals surface area contributed by atoms with Crippen molar-refractivity contribution < 1.29 is 9.53 Å². The minimum Gasteiger partial charge on any atom is -0.468 e. The van der Waals surface area contributed by atoms with Gasteiger partial charge in [0.25, 0.3) is 0 Å². The lowest BCUT2D eigenvalue weighted by atomic mass is 9.96. The van der Waals surface area contributed by atoms with Gasteiger partial charge in [-0.05, 0) is 58.5 Å². The molecule has 110 valence electrons. The van der Waals surface area contributed by atoms with Gasteiger partial charge in [-0.2, -0.15) is 0 Å². The monoisotopic (exact) mass is 268 g/mol. The molecule has 0 amide bonds. The molecule has 3 unspecified atom stereocenters. The van der Waals surface area contributed by atoms with E-state index in [9.17, 15) is 4.79 Å². The number of hydrogen-bond acceptors (Lipinski definition) is 4. The molecule has 4 heteroatoms. The van der Waals surface area contributed by atoms with Gasteiger partial charge in [-0.15, -0.1) is 0 Å². The third-order valence-corrected chi connectivity index (χ3v) is 4.85. The molecule has 0 radical (unpaired) electrons. The molecular weight excluding hydrogens is 240 g/mol. The Morgan fingerprint density at radius 3 is 2.84 bits per heavy atom. The van der Waals surface area contributed by atoms with Crippen molar-refractivity contribution in [3.63, 3.8) is 0 Å². The van der Waals surface area contributed by atoms with Gasteiger partial charge in [0, 0.05) is 12.1 Å². The molecular formula is C15H28N2O2. The Kier molecular flexibility index (Phi) is 4.85. The maximum Gasteiger partial charge on any atom is 0.326 e. The van der Waals surface area contributed by atoms with Gasteiger partial charge in [0.15, 0.2) is 0 Å². The van der Waals surface area contributed by atoms with Crippen LogP contribution in [0.15, 0.2) is 0 Å². The lowest BCUT2D eigenvalue weighted by Gasteiger charge is -2.31. The minimum atomic E-state index is -0.433. The summed E-state index contributed by atoms with van der Waals surface area (Å²) in [6.45, 7) is 6.52. The third-order valence-electron chi connectivity index (χ3n) is 4.85. The molecule has 1 aliphatic carbocycles.